The van der Waals surface area contributed by atoms with Gasteiger partial charge in [0.25, 0.3) is 5.91 Å². The molecule has 0 aromatic heterocycles. The largest absolute Gasteiger partial charge is 0.465 e. The summed E-state index contributed by atoms with van der Waals surface area (Å²) in [6.07, 6.45) is 1.88. The fraction of sp³-hybridized carbons (Fsp3) is 0.217. The summed E-state index contributed by atoms with van der Waals surface area (Å²) in [4.78, 5) is 36.5. The van der Waals surface area contributed by atoms with Crippen LogP contribution in [0.15, 0.2) is 48.2 Å². The van der Waals surface area contributed by atoms with Crippen molar-refractivity contribution < 1.29 is 23.9 Å². The first-order valence-corrected chi connectivity index (χ1v) is 9.43. The topological polar surface area (TPSA) is 118 Å². The van der Waals surface area contributed by atoms with Gasteiger partial charge in [0.2, 0.25) is 0 Å². The summed E-state index contributed by atoms with van der Waals surface area (Å²) in [5.74, 6) is -1.86. The molecule has 0 aliphatic heterocycles. The van der Waals surface area contributed by atoms with Crippen molar-refractivity contribution in [2.45, 2.75) is 20.3 Å². The molecule has 0 spiro atoms. The number of carbonyl (C=O) groups excluding carboxylic acids is 3. The number of anilines is 2. The quantitative estimate of drug-likeness (QED) is 0.398. The highest BCUT2D eigenvalue weighted by Gasteiger charge is 2.17. The number of methoxy groups -OCH3 is 2. The van der Waals surface area contributed by atoms with E-state index in [0.29, 0.717) is 12.1 Å². The summed E-state index contributed by atoms with van der Waals surface area (Å²) >= 11 is 0. The maximum Gasteiger partial charge on any atom is 0.339 e. The van der Waals surface area contributed by atoms with Gasteiger partial charge in [0.15, 0.2) is 0 Å². The Labute approximate surface area is 180 Å². The van der Waals surface area contributed by atoms with E-state index in [1.807, 2.05) is 38.1 Å². The van der Waals surface area contributed by atoms with Crippen LogP contribution in [0, 0.1) is 18.3 Å². The lowest BCUT2D eigenvalue weighted by molar-refractivity contribution is -0.112. The van der Waals surface area contributed by atoms with Gasteiger partial charge >= 0.3 is 11.9 Å². The zero-order valence-corrected chi connectivity index (χ0v) is 17.7. The first-order valence-electron chi connectivity index (χ1n) is 9.43. The molecule has 31 heavy (non-hydrogen) atoms. The van der Waals surface area contributed by atoms with Crippen molar-refractivity contribution in [2.75, 3.05) is 24.9 Å². The van der Waals surface area contributed by atoms with Gasteiger partial charge in [-0.05, 0) is 42.7 Å². The van der Waals surface area contributed by atoms with Gasteiger partial charge in [-0.1, -0.05) is 25.1 Å². The second-order valence-electron chi connectivity index (χ2n) is 6.47. The van der Waals surface area contributed by atoms with Crippen LogP contribution < -0.4 is 10.6 Å². The average molecular weight is 421 g/mol. The average Bonchev–Trinajstić information content (AvgIpc) is 2.79. The van der Waals surface area contributed by atoms with E-state index in [-0.39, 0.29) is 22.4 Å². The molecule has 8 nitrogen and oxygen atoms in total. The molecule has 8 heteroatoms. The molecule has 0 unspecified atom stereocenters. The maximum atomic E-state index is 12.7. The third-order valence-corrected chi connectivity index (χ3v) is 4.56. The zero-order valence-electron chi connectivity index (χ0n) is 17.7. The standard InChI is InChI=1S/C23H23N3O5/c1-5-15-8-6-7-14(2)20(15)26-21(27)17(12-24)13-25-19-11-16(22(28)30-3)9-10-18(19)23(29)31-4/h6-11,13,25H,5H2,1-4H3,(H,26,27)/b17-13-. The predicted molar refractivity (Wildman–Crippen MR) is 116 cm³/mol. The zero-order chi connectivity index (χ0) is 23.0. The lowest BCUT2D eigenvalue weighted by atomic mass is 10.1. The Hall–Kier alpha value is -4.12. The van der Waals surface area contributed by atoms with Crippen LogP contribution in [0.4, 0.5) is 11.4 Å². The first-order chi connectivity index (χ1) is 14.9. The van der Waals surface area contributed by atoms with Crippen molar-refractivity contribution in [3.05, 3.63) is 70.4 Å². The monoisotopic (exact) mass is 421 g/mol. The highest BCUT2D eigenvalue weighted by Crippen LogP contribution is 2.23. The van der Waals surface area contributed by atoms with Crippen molar-refractivity contribution in [3.63, 3.8) is 0 Å². The Bertz CT molecular complexity index is 1080. The van der Waals surface area contributed by atoms with E-state index in [9.17, 15) is 19.6 Å². The van der Waals surface area contributed by atoms with Gasteiger partial charge in [-0.2, -0.15) is 5.26 Å². The SMILES string of the molecule is CCc1cccc(C)c1NC(=O)/C(C#N)=C\Nc1cc(C(=O)OC)ccc1C(=O)OC. The lowest BCUT2D eigenvalue weighted by Gasteiger charge is -2.13. The van der Waals surface area contributed by atoms with Crippen LogP contribution in [0.1, 0.15) is 38.8 Å². The predicted octanol–water partition coefficient (Wildman–Crippen LogP) is 3.59. The molecule has 0 radical (unpaired) electrons. The van der Waals surface area contributed by atoms with Crippen LogP contribution in [0.5, 0.6) is 0 Å². The van der Waals surface area contributed by atoms with Crippen molar-refractivity contribution in [1.29, 1.82) is 5.26 Å². The number of esters is 2. The molecular weight excluding hydrogens is 398 g/mol. The molecule has 1 amide bonds. The molecular formula is C23H23N3O5. The third-order valence-electron chi connectivity index (χ3n) is 4.56. The number of nitrogens with zero attached hydrogens (tertiary/aromatic N) is 1. The van der Waals surface area contributed by atoms with Crippen LogP contribution in [0.2, 0.25) is 0 Å². The molecule has 2 aromatic carbocycles. The smallest absolute Gasteiger partial charge is 0.339 e. The van der Waals surface area contributed by atoms with Crippen LogP contribution in [0.25, 0.3) is 0 Å². The Morgan fingerprint density at radius 2 is 1.81 bits per heavy atom. The molecule has 0 bridgehead atoms. The first kappa shape index (κ1) is 23.2. The van der Waals surface area contributed by atoms with E-state index in [4.69, 9.17) is 4.74 Å². The van der Waals surface area contributed by atoms with E-state index in [0.717, 1.165) is 11.1 Å². The number of nitriles is 1. The summed E-state index contributed by atoms with van der Waals surface area (Å²) in [7, 11) is 2.45. The van der Waals surface area contributed by atoms with Crippen LogP contribution in [-0.4, -0.2) is 32.1 Å². The Kier molecular flexibility index (Phi) is 7.92. The minimum absolute atomic E-state index is 0.122. The Morgan fingerprint density at radius 3 is 2.42 bits per heavy atom. The third kappa shape index (κ3) is 5.48. The molecule has 0 heterocycles. The van der Waals surface area contributed by atoms with Gasteiger partial charge in [0.1, 0.15) is 11.6 Å². The molecule has 0 fully saturated rings. The minimum atomic E-state index is -0.650. The van der Waals surface area contributed by atoms with E-state index in [2.05, 4.69) is 15.4 Å². The number of rotatable bonds is 7. The molecule has 0 aliphatic rings. The Balaban J connectivity index is 2.36. The van der Waals surface area contributed by atoms with Crippen LogP contribution in [-0.2, 0) is 20.7 Å². The van der Waals surface area contributed by atoms with Gasteiger partial charge in [-0.15, -0.1) is 0 Å². The highest BCUT2D eigenvalue weighted by atomic mass is 16.5. The summed E-state index contributed by atoms with van der Waals surface area (Å²) in [6.45, 7) is 3.83. The number of benzene rings is 2. The number of amides is 1. The van der Waals surface area contributed by atoms with Crippen molar-refractivity contribution in [2.24, 2.45) is 0 Å². The second kappa shape index (κ2) is 10.6. The minimum Gasteiger partial charge on any atom is -0.465 e. The Morgan fingerprint density at radius 1 is 1.10 bits per heavy atom. The van der Waals surface area contributed by atoms with Gasteiger partial charge in [0.05, 0.1) is 31.0 Å². The number of carbonyl (C=O) groups is 3. The van der Waals surface area contributed by atoms with Crippen molar-refractivity contribution >= 4 is 29.2 Å². The number of hydrogen-bond donors (Lipinski definition) is 2. The van der Waals surface area contributed by atoms with Gasteiger partial charge in [-0.3, -0.25) is 4.79 Å². The maximum absolute atomic E-state index is 12.7. The van der Waals surface area contributed by atoms with Crippen molar-refractivity contribution in [1.82, 2.24) is 0 Å². The lowest BCUT2D eigenvalue weighted by Crippen LogP contribution is -2.17. The molecule has 2 rings (SSSR count). The molecule has 0 atom stereocenters. The molecule has 160 valence electrons. The fourth-order valence-corrected chi connectivity index (χ4v) is 2.88. The second-order valence-corrected chi connectivity index (χ2v) is 6.47. The molecule has 0 aliphatic carbocycles. The van der Waals surface area contributed by atoms with Crippen molar-refractivity contribution in [3.8, 4) is 6.07 Å². The summed E-state index contributed by atoms with van der Waals surface area (Å²) in [5.41, 5.74) is 2.73. The number of ether oxygens (including phenoxy) is 2. The van der Waals surface area contributed by atoms with Gasteiger partial charge in [0, 0.05) is 11.9 Å². The van der Waals surface area contributed by atoms with E-state index < -0.39 is 17.8 Å². The molecule has 2 aromatic rings. The normalized spacial score (nSPS) is 10.6. The summed E-state index contributed by atoms with van der Waals surface area (Å²) in [5, 5.41) is 15.0. The highest BCUT2D eigenvalue weighted by molar-refractivity contribution is 6.07. The van der Waals surface area contributed by atoms with E-state index in [1.54, 1.807) is 0 Å². The van der Waals surface area contributed by atoms with Gasteiger partial charge in [-0.25, -0.2) is 9.59 Å². The number of aryl methyl sites for hydroxylation is 2. The van der Waals surface area contributed by atoms with Crippen LogP contribution >= 0.6 is 0 Å². The number of para-hydroxylation sites is 1. The number of nitrogens with one attached hydrogen (secondary N) is 2. The van der Waals surface area contributed by atoms with Gasteiger partial charge < -0.3 is 20.1 Å². The molecule has 0 saturated heterocycles. The number of hydrogen-bond acceptors (Lipinski definition) is 7. The van der Waals surface area contributed by atoms with Crippen LogP contribution in [0.3, 0.4) is 0 Å². The summed E-state index contributed by atoms with van der Waals surface area (Å²) in [6, 6.07) is 11.7. The molecule has 0 saturated carbocycles. The van der Waals surface area contributed by atoms with E-state index >= 15 is 0 Å². The summed E-state index contributed by atoms with van der Waals surface area (Å²) < 4.78 is 9.43. The fourth-order valence-electron chi connectivity index (χ4n) is 2.88. The van der Waals surface area contributed by atoms with E-state index in [1.165, 1.54) is 38.6 Å². The molecule has 2 N–H and O–H groups in total.